The quantitative estimate of drug-likeness (QED) is 0.0961. The summed E-state index contributed by atoms with van der Waals surface area (Å²) in [4.78, 5) is 28.8. The van der Waals surface area contributed by atoms with Gasteiger partial charge in [-0.3, -0.25) is 9.36 Å². The second-order valence-corrected chi connectivity index (χ2v) is 10.8. The van der Waals surface area contributed by atoms with Crippen molar-refractivity contribution in [3.8, 4) is 11.4 Å². The maximum atomic E-state index is 15.0. The third-order valence-electron chi connectivity index (χ3n) is 7.42. The van der Waals surface area contributed by atoms with Gasteiger partial charge in [-0.05, 0) is 47.5 Å². The number of hydrogen-bond donors (Lipinski definition) is 2. The smallest absolute Gasteiger partial charge is 0.247 e. The molecule has 0 aliphatic carbocycles. The lowest BCUT2D eigenvalue weighted by Gasteiger charge is -2.25. The van der Waals surface area contributed by atoms with Crippen LogP contribution in [0.3, 0.4) is 0 Å². The van der Waals surface area contributed by atoms with Gasteiger partial charge in [-0.25, -0.2) is 9.37 Å². The molecule has 0 saturated carbocycles. The number of aromatic nitrogens is 4. The Kier molecular flexibility index (Phi) is 9.98. The van der Waals surface area contributed by atoms with E-state index in [9.17, 15) is 4.79 Å². The zero-order valence-electron chi connectivity index (χ0n) is 26.3. The molecule has 6 aromatic rings. The molecular formula is C37H34FN7O3. The van der Waals surface area contributed by atoms with Crippen LogP contribution in [0.2, 0.25) is 0 Å². The molecule has 0 bridgehead atoms. The van der Waals surface area contributed by atoms with Crippen LogP contribution in [0.25, 0.3) is 16.9 Å². The van der Waals surface area contributed by atoms with Crippen molar-refractivity contribution in [2.24, 2.45) is 0 Å². The molecule has 0 radical (unpaired) electrons. The van der Waals surface area contributed by atoms with E-state index in [0.717, 1.165) is 16.8 Å². The normalized spacial score (nSPS) is 10.9. The molecule has 48 heavy (non-hydrogen) atoms. The Morgan fingerprint density at radius 1 is 0.896 bits per heavy atom. The molecular weight excluding hydrogens is 609 g/mol. The molecule has 242 valence electrons. The Morgan fingerprint density at radius 2 is 1.62 bits per heavy atom. The monoisotopic (exact) mass is 643 g/mol. The fraction of sp³-hybridized carbons (Fsp3) is 0.135. The number of hydrogen-bond acceptors (Lipinski definition) is 8. The van der Waals surface area contributed by atoms with E-state index < -0.39 is 5.82 Å². The van der Waals surface area contributed by atoms with Gasteiger partial charge in [-0.2, -0.15) is 9.97 Å². The fourth-order valence-corrected chi connectivity index (χ4v) is 5.15. The summed E-state index contributed by atoms with van der Waals surface area (Å²) in [6.45, 7) is 5.19. The summed E-state index contributed by atoms with van der Waals surface area (Å²) in [7, 11) is 1.56. The van der Waals surface area contributed by atoms with E-state index in [2.05, 4.69) is 46.4 Å². The Bertz CT molecular complexity index is 1980. The average molecular weight is 644 g/mol. The second kappa shape index (κ2) is 15.0. The molecule has 2 heterocycles. The number of rotatable bonds is 14. The lowest BCUT2D eigenvalue weighted by molar-refractivity contribution is -0.111. The van der Waals surface area contributed by atoms with E-state index in [0.29, 0.717) is 48.1 Å². The molecule has 0 aliphatic rings. The molecule has 0 fully saturated rings. The van der Waals surface area contributed by atoms with Crippen molar-refractivity contribution < 1.29 is 18.7 Å². The van der Waals surface area contributed by atoms with Crippen LogP contribution in [0.15, 0.2) is 122 Å². The van der Waals surface area contributed by atoms with Gasteiger partial charge in [0.1, 0.15) is 12.9 Å². The van der Waals surface area contributed by atoms with Crippen LogP contribution in [0.4, 0.5) is 27.5 Å². The summed E-state index contributed by atoms with van der Waals surface area (Å²) in [5.74, 6) is 0.0984. The molecule has 1 amide bonds. The van der Waals surface area contributed by atoms with Crippen molar-refractivity contribution in [2.45, 2.75) is 13.1 Å². The first-order valence-electron chi connectivity index (χ1n) is 15.3. The molecule has 2 aromatic heterocycles. The third kappa shape index (κ3) is 7.65. The molecule has 2 N–H and O–H groups in total. The molecule has 0 unspecified atom stereocenters. The molecule has 0 atom stereocenters. The molecule has 0 spiro atoms. The molecule has 6 rings (SSSR count). The number of benzene rings is 4. The van der Waals surface area contributed by atoms with Crippen LogP contribution in [-0.4, -0.2) is 45.7 Å². The summed E-state index contributed by atoms with van der Waals surface area (Å²) < 4.78 is 27.3. The van der Waals surface area contributed by atoms with Gasteiger partial charge in [-0.1, -0.05) is 73.3 Å². The number of nitrogens with zero attached hydrogens (tertiary/aromatic N) is 5. The Labute approximate surface area is 277 Å². The average Bonchev–Trinajstić information content (AvgIpc) is 3.54. The van der Waals surface area contributed by atoms with Crippen molar-refractivity contribution in [3.63, 3.8) is 0 Å². The van der Waals surface area contributed by atoms with Crippen molar-refractivity contribution in [1.82, 2.24) is 19.5 Å². The maximum Gasteiger partial charge on any atom is 0.247 e. The Morgan fingerprint density at radius 3 is 2.29 bits per heavy atom. The van der Waals surface area contributed by atoms with Gasteiger partial charge in [0.2, 0.25) is 11.9 Å². The van der Waals surface area contributed by atoms with Crippen LogP contribution < -0.4 is 20.3 Å². The molecule has 11 heteroatoms. The van der Waals surface area contributed by atoms with E-state index in [4.69, 9.17) is 24.4 Å². The summed E-state index contributed by atoms with van der Waals surface area (Å²) in [5, 5.41) is 5.99. The van der Waals surface area contributed by atoms with E-state index in [1.54, 1.807) is 31.6 Å². The zero-order valence-corrected chi connectivity index (χ0v) is 26.3. The number of fused-ring (bicyclic) bond motifs is 1. The summed E-state index contributed by atoms with van der Waals surface area (Å²) >= 11 is 0. The van der Waals surface area contributed by atoms with E-state index >= 15 is 4.39 Å². The highest BCUT2D eigenvalue weighted by Crippen LogP contribution is 2.31. The van der Waals surface area contributed by atoms with Crippen molar-refractivity contribution >= 4 is 40.2 Å². The van der Waals surface area contributed by atoms with Crippen LogP contribution in [-0.2, 0) is 22.6 Å². The van der Waals surface area contributed by atoms with Gasteiger partial charge in [0.05, 0.1) is 12.3 Å². The highest BCUT2D eigenvalue weighted by Gasteiger charge is 2.21. The number of nitrogens with one attached hydrogen (secondary N) is 2. The third-order valence-corrected chi connectivity index (χ3v) is 7.42. The van der Waals surface area contributed by atoms with Gasteiger partial charge < -0.3 is 25.0 Å². The van der Waals surface area contributed by atoms with Crippen molar-refractivity contribution in [1.29, 1.82) is 0 Å². The van der Waals surface area contributed by atoms with E-state index in [1.807, 2.05) is 59.2 Å². The van der Waals surface area contributed by atoms with Crippen molar-refractivity contribution in [3.05, 3.63) is 139 Å². The largest absolute Gasteiger partial charge is 0.488 e. The second-order valence-electron chi connectivity index (χ2n) is 10.8. The highest BCUT2D eigenvalue weighted by atomic mass is 19.1. The van der Waals surface area contributed by atoms with Gasteiger partial charge in [-0.15, -0.1) is 0 Å². The van der Waals surface area contributed by atoms with Gasteiger partial charge in [0.15, 0.2) is 28.5 Å². The number of carbonyl (C=O) groups excluding carboxylic acids is 1. The Balaban J connectivity index is 1.45. The lowest BCUT2D eigenvalue weighted by Crippen LogP contribution is -2.24. The lowest BCUT2D eigenvalue weighted by atomic mass is 10.1. The van der Waals surface area contributed by atoms with Crippen molar-refractivity contribution in [2.75, 3.05) is 35.9 Å². The van der Waals surface area contributed by atoms with E-state index in [-0.39, 0.29) is 24.2 Å². The molecule has 4 aromatic carbocycles. The first-order chi connectivity index (χ1) is 23.5. The van der Waals surface area contributed by atoms with Crippen LogP contribution >= 0.6 is 0 Å². The van der Waals surface area contributed by atoms with Crippen LogP contribution in [0.1, 0.15) is 11.1 Å². The molecule has 10 nitrogen and oxygen atoms in total. The zero-order chi connectivity index (χ0) is 33.3. The van der Waals surface area contributed by atoms with E-state index in [1.165, 1.54) is 12.1 Å². The number of imidazole rings is 1. The summed E-state index contributed by atoms with van der Waals surface area (Å²) in [5.41, 5.74) is 5.01. The van der Waals surface area contributed by atoms with Crippen LogP contribution in [0.5, 0.6) is 5.75 Å². The predicted molar refractivity (Wildman–Crippen MR) is 185 cm³/mol. The minimum atomic E-state index is -0.532. The SMILES string of the molecule is C=CC(=O)Nc1cccc(-n2cnc3c(N(Cc4ccccc4)Cc4ccccc4)nc(Nc4ccc(OCCOC)c(F)c4)nc32)c1. The van der Waals surface area contributed by atoms with Gasteiger partial charge >= 0.3 is 0 Å². The minimum absolute atomic E-state index is 0.119. The number of carbonyl (C=O) groups is 1. The number of amides is 1. The summed E-state index contributed by atoms with van der Waals surface area (Å²) in [6.07, 6.45) is 2.89. The maximum absolute atomic E-state index is 15.0. The number of halogens is 1. The number of methoxy groups -OCH3 is 1. The van der Waals surface area contributed by atoms with Gasteiger partial charge in [0.25, 0.3) is 0 Å². The first-order valence-corrected chi connectivity index (χ1v) is 15.3. The topological polar surface area (TPSA) is 106 Å². The standard InChI is InChI=1S/C37H34FN7O3/c1-3-33(46)40-28-15-10-16-30(21-28)45-25-39-34-35(44(23-26-11-6-4-7-12-26)24-27-13-8-5-9-14-27)42-37(43-36(34)45)41-29-17-18-32(31(38)22-29)48-20-19-47-2/h3-18,21-22,25H,1,19-20,23-24H2,2H3,(H,40,46)(H,41,42,43). The highest BCUT2D eigenvalue weighted by molar-refractivity contribution is 5.99. The molecule has 0 aliphatic heterocycles. The summed E-state index contributed by atoms with van der Waals surface area (Å²) in [6, 6.07) is 32.2. The van der Waals surface area contributed by atoms with Crippen LogP contribution in [0, 0.1) is 5.82 Å². The number of ether oxygens (including phenoxy) is 2. The number of anilines is 4. The predicted octanol–water partition coefficient (Wildman–Crippen LogP) is 7.05. The molecule has 0 saturated heterocycles. The fourth-order valence-electron chi connectivity index (χ4n) is 5.15. The minimum Gasteiger partial charge on any atom is -0.488 e. The first kappa shape index (κ1) is 31.9. The Hall–Kier alpha value is -6.07. The van der Waals surface area contributed by atoms with Gasteiger partial charge in [0, 0.05) is 37.6 Å².